The Balaban J connectivity index is 1.85. The lowest BCUT2D eigenvalue weighted by molar-refractivity contribution is 0.600. The molecule has 0 saturated heterocycles. The van der Waals surface area contributed by atoms with Crippen molar-refractivity contribution in [2.24, 2.45) is 0 Å². The SMILES string of the molecule is CS(=O)(=O)CCCSc1nnc(Cc2ccccc2)n1-c1ccc(Cl)cc1. The minimum Gasteiger partial charge on any atom is -0.274 e. The van der Waals surface area contributed by atoms with E-state index in [2.05, 4.69) is 22.3 Å². The number of sulfone groups is 1. The highest BCUT2D eigenvalue weighted by Crippen LogP contribution is 2.25. The van der Waals surface area contributed by atoms with Crippen LogP contribution >= 0.6 is 23.4 Å². The van der Waals surface area contributed by atoms with Crippen molar-refractivity contribution in [1.82, 2.24) is 14.8 Å². The van der Waals surface area contributed by atoms with Crippen LogP contribution in [0.2, 0.25) is 5.02 Å². The maximum absolute atomic E-state index is 11.3. The maximum atomic E-state index is 11.3. The topological polar surface area (TPSA) is 64.8 Å². The molecular weight excluding hydrogens is 402 g/mol. The second-order valence-corrected chi connectivity index (χ2v) is 9.96. The highest BCUT2D eigenvalue weighted by atomic mass is 35.5. The molecule has 0 N–H and O–H groups in total. The van der Waals surface area contributed by atoms with Gasteiger partial charge in [-0.1, -0.05) is 53.7 Å². The van der Waals surface area contributed by atoms with Crippen molar-refractivity contribution in [1.29, 1.82) is 0 Å². The predicted octanol–water partition coefficient (Wildman–Crippen LogP) is 4.04. The zero-order valence-corrected chi connectivity index (χ0v) is 17.3. The molecule has 8 heteroatoms. The summed E-state index contributed by atoms with van der Waals surface area (Å²) < 4.78 is 24.6. The van der Waals surface area contributed by atoms with Gasteiger partial charge in [0, 0.05) is 29.1 Å². The largest absolute Gasteiger partial charge is 0.274 e. The Morgan fingerprint density at radius 3 is 2.41 bits per heavy atom. The van der Waals surface area contributed by atoms with Crippen molar-refractivity contribution in [2.75, 3.05) is 17.8 Å². The van der Waals surface area contributed by atoms with E-state index in [0.717, 1.165) is 22.2 Å². The van der Waals surface area contributed by atoms with Crippen molar-refractivity contribution in [3.8, 4) is 5.69 Å². The van der Waals surface area contributed by atoms with E-state index < -0.39 is 9.84 Å². The molecule has 0 aliphatic heterocycles. The van der Waals surface area contributed by atoms with Crippen molar-refractivity contribution in [3.05, 3.63) is 71.0 Å². The lowest BCUT2D eigenvalue weighted by Crippen LogP contribution is -2.05. The number of hydrogen-bond acceptors (Lipinski definition) is 5. The summed E-state index contributed by atoms with van der Waals surface area (Å²) in [6.07, 6.45) is 2.48. The summed E-state index contributed by atoms with van der Waals surface area (Å²) in [7, 11) is -2.95. The van der Waals surface area contributed by atoms with Gasteiger partial charge in [0.1, 0.15) is 15.7 Å². The van der Waals surface area contributed by atoms with Crippen LogP contribution < -0.4 is 0 Å². The van der Waals surface area contributed by atoms with E-state index in [9.17, 15) is 8.42 Å². The molecule has 2 aromatic carbocycles. The molecule has 3 rings (SSSR count). The Hall–Kier alpha value is -1.83. The number of rotatable bonds is 8. The highest BCUT2D eigenvalue weighted by molar-refractivity contribution is 7.99. The first-order chi connectivity index (χ1) is 12.9. The first kappa shape index (κ1) is 19.9. The van der Waals surface area contributed by atoms with Gasteiger partial charge in [0.2, 0.25) is 0 Å². The number of halogens is 1. The van der Waals surface area contributed by atoms with E-state index >= 15 is 0 Å². The molecule has 27 heavy (non-hydrogen) atoms. The van der Waals surface area contributed by atoms with Crippen LogP contribution in [0.4, 0.5) is 0 Å². The zero-order valence-electron chi connectivity index (χ0n) is 14.9. The number of benzene rings is 2. The average molecular weight is 422 g/mol. The Labute approximate surface area is 168 Å². The van der Waals surface area contributed by atoms with Crippen LogP contribution in [0.25, 0.3) is 5.69 Å². The third-order valence-electron chi connectivity index (χ3n) is 3.88. The lowest BCUT2D eigenvalue weighted by atomic mass is 10.1. The average Bonchev–Trinajstić information content (AvgIpc) is 3.02. The summed E-state index contributed by atoms with van der Waals surface area (Å²) in [4.78, 5) is 0. The van der Waals surface area contributed by atoms with Gasteiger partial charge in [-0.15, -0.1) is 10.2 Å². The molecule has 0 fully saturated rings. The molecule has 0 atom stereocenters. The second kappa shape index (κ2) is 8.91. The standard InChI is InChI=1S/C19H20ClN3O2S2/c1-27(24,25)13-5-12-26-19-22-21-18(14-15-6-3-2-4-7-15)23(19)17-10-8-16(20)9-11-17/h2-4,6-11H,5,12-14H2,1H3. The van der Waals surface area contributed by atoms with E-state index in [-0.39, 0.29) is 5.75 Å². The number of aromatic nitrogens is 3. The molecule has 1 aromatic heterocycles. The zero-order chi connectivity index (χ0) is 19.3. The first-order valence-electron chi connectivity index (χ1n) is 8.47. The first-order valence-corrected chi connectivity index (χ1v) is 11.9. The Bertz CT molecular complexity index is 988. The third kappa shape index (κ3) is 5.82. The van der Waals surface area contributed by atoms with Gasteiger partial charge in [-0.3, -0.25) is 4.57 Å². The van der Waals surface area contributed by atoms with Crippen LogP contribution in [0.15, 0.2) is 59.8 Å². The smallest absolute Gasteiger partial charge is 0.195 e. The summed E-state index contributed by atoms with van der Waals surface area (Å²) >= 11 is 7.54. The molecular formula is C19H20ClN3O2S2. The quantitative estimate of drug-likeness (QED) is 0.405. The van der Waals surface area contributed by atoms with E-state index in [0.29, 0.717) is 23.6 Å². The second-order valence-electron chi connectivity index (χ2n) is 6.20. The number of thioether (sulfide) groups is 1. The lowest BCUT2D eigenvalue weighted by Gasteiger charge is -2.10. The fourth-order valence-corrected chi connectivity index (χ4v) is 4.51. The summed E-state index contributed by atoms with van der Waals surface area (Å²) in [6, 6.07) is 17.6. The highest BCUT2D eigenvalue weighted by Gasteiger charge is 2.15. The molecule has 5 nitrogen and oxygen atoms in total. The van der Waals surface area contributed by atoms with Crippen molar-refractivity contribution >= 4 is 33.2 Å². The van der Waals surface area contributed by atoms with Gasteiger partial charge in [-0.05, 0) is 36.2 Å². The molecule has 0 bridgehead atoms. The summed E-state index contributed by atoms with van der Waals surface area (Å²) in [5.74, 6) is 1.66. The Morgan fingerprint density at radius 1 is 1.04 bits per heavy atom. The van der Waals surface area contributed by atoms with Gasteiger partial charge in [0.15, 0.2) is 5.16 Å². The van der Waals surface area contributed by atoms with Crippen LogP contribution in [0.1, 0.15) is 17.8 Å². The molecule has 0 amide bonds. The summed E-state index contributed by atoms with van der Waals surface area (Å²) in [6.45, 7) is 0. The molecule has 0 aliphatic rings. The monoisotopic (exact) mass is 421 g/mol. The Morgan fingerprint density at radius 2 is 1.74 bits per heavy atom. The van der Waals surface area contributed by atoms with E-state index in [1.807, 2.05) is 47.0 Å². The van der Waals surface area contributed by atoms with Crippen LogP contribution in [-0.2, 0) is 16.3 Å². The molecule has 0 unspecified atom stereocenters. The van der Waals surface area contributed by atoms with Gasteiger partial charge < -0.3 is 0 Å². The number of nitrogens with zero attached hydrogens (tertiary/aromatic N) is 3. The predicted molar refractivity (Wildman–Crippen MR) is 111 cm³/mol. The van der Waals surface area contributed by atoms with E-state index in [4.69, 9.17) is 11.6 Å². The normalized spacial score (nSPS) is 11.6. The van der Waals surface area contributed by atoms with Gasteiger partial charge in [0.25, 0.3) is 0 Å². The van der Waals surface area contributed by atoms with Crippen LogP contribution in [0.3, 0.4) is 0 Å². The van der Waals surface area contributed by atoms with Gasteiger partial charge in [0.05, 0.1) is 5.75 Å². The molecule has 0 radical (unpaired) electrons. The van der Waals surface area contributed by atoms with Crippen LogP contribution in [0, 0.1) is 0 Å². The molecule has 3 aromatic rings. The van der Waals surface area contributed by atoms with Crippen molar-refractivity contribution < 1.29 is 8.42 Å². The minimum atomic E-state index is -2.95. The fourth-order valence-electron chi connectivity index (χ4n) is 2.62. The summed E-state index contributed by atoms with van der Waals surface area (Å²) in [5, 5.41) is 10.1. The maximum Gasteiger partial charge on any atom is 0.195 e. The van der Waals surface area contributed by atoms with E-state index in [1.165, 1.54) is 18.0 Å². The third-order valence-corrected chi connectivity index (χ3v) is 6.18. The molecule has 1 heterocycles. The van der Waals surface area contributed by atoms with E-state index in [1.54, 1.807) is 0 Å². The molecule has 142 valence electrons. The summed E-state index contributed by atoms with van der Waals surface area (Å²) in [5.41, 5.74) is 2.08. The van der Waals surface area contributed by atoms with Crippen LogP contribution in [-0.4, -0.2) is 40.9 Å². The van der Waals surface area contributed by atoms with Gasteiger partial charge >= 0.3 is 0 Å². The minimum absolute atomic E-state index is 0.173. The fraction of sp³-hybridized carbons (Fsp3) is 0.263. The molecule has 0 spiro atoms. The van der Waals surface area contributed by atoms with Crippen molar-refractivity contribution in [2.45, 2.75) is 18.0 Å². The molecule has 0 aliphatic carbocycles. The van der Waals surface area contributed by atoms with Crippen molar-refractivity contribution in [3.63, 3.8) is 0 Å². The van der Waals surface area contributed by atoms with Gasteiger partial charge in [-0.2, -0.15) is 0 Å². The van der Waals surface area contributed by atoms with Gasteiger partial charge in [-0.25, -0.2) is 8.42 Å². The van der Waals surface area contributed by atoms with Crippen LogP contribution in [0.5, 0.6) is 0 Å². The number of hydrogen-bond donors (Lipinski definition) is 0. The Kier molecular flexibility index (Phi) is 6.57. The molecule has 0 saturated carbocycles.